The van der Waals surface area contributed by atoms with Crippen molar-refractivity contribution >= 4 is 23.9 Å². The van der Waals surface area contributed by atoms with Crippen LogP contribution in [0.25, 0.3) is 0 Å². The second-order valence-electron chi connectivity index (χ2n) is 14.4. The normalized spacial score (nSPS) is 46.5. The highest BCUT2D eigenvalue weighted by Gasteiger charge is 2.89. The van der Waals surface area contributed by atoms with Crippen molar-refractivity contribution in [2.45, 2.75) is 117 Å². The molecule has 1 spiro atoms. The third-order valence-corrected chi connectivity index (χ3v) is 12.2. The maximum absolute atomic E-state index is 13.5. The first-order chi connectivity index (χ1) is 19.5. The first-order valence-electron chi connectivity index (χ1n) is 15.0. The third kappa shape index (κ3) is 3.53. The molecule has 3 unspecified atom stereocenters. The van der Waals surface area contributed by atoms with E-state index in [9.17, 15) is 19.2 Å². The molecule has 2 aliphatic heterocycles. The van der Waals surface area contributed by atoms with Gasteiger partial charge in [0.05, 0.1) is 12.5 Å². The lowest BCUT2D eigenvalue weighted by Gasteiger charge is -2.71. The van der Waals surface area contributed by atoms with Gasteiger partial charge >= 0.3 is 23.9 Å². The van der Waals surface area contributed by atoms with E-state index in [0.717, 1.165) is 5.56 Å². The van der Waals surface area contributed by atoms with Crippen molar-refractivity contribution in [3.63, 3.8) is 0 Å². The highest BCUT2D eigenvalue weighted by Crippen LogP contribution is 2.80. The Bertz CT molecular complexity index is 1320. The second-order valence-corrected chi connectivity index (χ2v) is 14.4. The van der Waals surface area contributed by atoms with Gasteiger partial charge < -0.3 is 28.1 Å². The number of cyclic esters (lactones) is 1. The quantitative estimate of drug-likeness (QED) is 0.278. The lowest BCUT2D eigenvalue weighted by Crippen LogP contribution is -2.75. The third-order valence-electron chi connectivity index (χ3n) is 12.2. The molecule has 3 aliphatic carbocycles. The molecular formula is C32H42O10. The van der Waals surface area contributed by atoms with E-state index in [1.165, 1.54) is 20.8 Å². The van der Waals surface area contributed by atoms with Crippen molar-refractivity contribution in [1.82, 2.24) is 0 Å². The minimum absolute atomic E-state index is 0.159. The molecule has 0 amide bonds. The summed E-state index contributed by atoms with van der Waals surface area (Å²) in [5.74, 6) is -2.01. The molecule has 42 heavy (non-hydrogen) atoms. The average Bonchev–Trinajstić information content (AvgIpc) is 3.45. The van der Waals surface area contributed by atoms with Crippen molar-refractivity contribution < 1.29 is 47.3 Å². The van der Waals surface area contributed by atoms with E-state index < -0.39 is 81.7 Å². The van der Waals surface area contributed by atoms with Gasteiger partial charge in [-0.15, -0.1) is 0 Å². The molecule has 230 valence electrons. The maximum Gasteiger partial charge on any atom is 0.339 e. The lowest BCUT2D eigenvalue weighted by atomic mass is 9.34. The fourth-order valence-electron chi connectivity index (χ4n) is 10.6. The highest BCUT2D eigenvalue weighted by atomic mass is 16.7. The summed E-state index contributed by atoms with van der Waals surface area (Å²) in [6.45, 7) is 14.7. The molecule has 1 aromatic rings. The topological polar surface area (TPSA) is 131 Å². The average molecular weight is 587 g/mol. The Labute approximate surface area is 246 Å². The maximum atomic E-state index is 13.5. The van der Waals surface area contributed by atoms with Gasteiger partial charge in [-0.2, -0.15) is 0 Å². The molecule has 0 radical (unpaired) electrons. The monoisotopic (exact) mass is 586 g/mol. The first-order valence-corrected chi connectivity index (χ1v) is 15.0. The standard InChI is InChI=1S/C32H42O10/c1-16(33)38-22-14-23(39-17(2)34)30(7)20-9-11-29(6)25(19-10-12-37-15-19)41-27(36)26-32(29,42-26)31(20,8)24(40-18(3)35)13-21(30)28(22,4)5/h10,12,15,20-26H,9,11,13-14H2,1-8H3/t20?,21?,22?,23-,24+,25-,26+,29-,30+,31-,32+/m0/s1. The Morgan fingerprint density at radius 1 is 0.833 bits per heavy atom. The number of carbonyl (C=O) groups excluding carboxylic acids is 4. The van der Waals surface area contributed by atoms with Gasteiger partial charge in [-0.1, -0.05) is 34.6 Å². The number of fused-ring (bicyclic) bond motifs is 3. The SMILES string of the molecule is CC(=O)OC1C[C@H](OC(C)=O)[C@@]2(C)C(C[C@@H](OC(C)=O)[C@]3(C)C2CC[C@@]2(C)[C@H](c4ccoc4)OC(=O)[C@H]4O[C@]423)C1(C)C. The predicted molar refractivity (Wildman–Crippen MR) is 145 cm³/mol. The van der Waals surface area contributed by atoms with E-state index in [4.69, 9.17) is 28.1 Å². The fraction of sp³-hybridized carbons (Fsp3) is 0.750. The van der Waals surface area contributed by atoms with E-state index >= 15 is 0 Å². The number of hydrogen-bond acceptors (Lipinski definition) is 10. The number of esters is 4. The van der Waals surface area contributed by atoms with Crippen LogP contribution in [0.2, 0.25) is 0 Å². The molecule has 0 aromatic carbocycles. The molecule has 0 N–H and O–H groups in total. The van der Waals surface area contributed by atoms with Gasteiger partial charge in [-0.25, -0.2) is 4.79 Å². The van der Waals surface area contributed by atoms with Gasteiger partial charge in [-0.05, 0) is 37.2 Å². The summed E-state index contributed by atoms with van der Waals surface area (Å²) >= 11 is 0. The molecular weight excluding hydrogens is 544 g/mol. The highest BCUT2D eigenvalue weighted by molar-refractivity contribution is 5.82. The fourth-order valence-corrected chi connectivity index (χ4v) is 10.6. The van der Waals surface area contributed by atoms with Crippen molar-refractivity contribution in [3.05, 3.63) is 24.2 Å². The summed E-state index contributed by atoms with van der Waals surface area (Å²) in [6, 6.07) is 1.81. The van der Waals surface area contributed by atoms with Gasteiger partial charge in [-0.3, -0.25) is 14.4 Å². The number of furan rings is 1. The molecule has 11 atom stereocenters. The number of epoxide rings is 1. The van der Waals surface area contributed by atoms with E-state index in [1.54, 1.807) is 12.5 Å². The van der Waals surface area contributed by atoms with Crippen LogP contribution in [0.1, 0.15) is 92.7 Å². The summed E-state index contributed by atoms with van der Waals surface area (Å²) in [5.41, 5.74) is -2.88. The van der Waals surface area contributed by atoms with Gasteiger partial charge in [0.15, 0.2) is 6.10 Å². The minimum Gasteiger partial charge on any atom is -0.472 e. The van der Waals surface area contributed by atoms with E-state index in [2.05, 4.69) is 34.6 Å². The summed E-state index contributed by atoms with van der Waals surface area (Å²) in [4.78, 5) is 50.9. The van der Waals surface area contributed by atoms with Crippen LogP contribution in [0, 0.1) is 33.5 Å². The lowest BCUT2D eigenvalue weighted by molar-refractivity contribution is -0.298. The Hall–Kier alpha value is -2.88. The molecule has 1 aromatic heterocycles. The van der Waals surface area contributed by atoms with E-state index in [0.29, 0.717) is 25.7 Å². The zero-order valence-electron chi connectivity index (χ0n) is 25.7. The van der Waals surface area contributed by atoms with Crippen molar-refractivity contribution in [1.29, 1.82) is 0 Å². The summed E-state index contributed by atoms with van der Waals surface area (Å²) < 4.78 is 36.2. The van der Waals surface area contributed by atoms with Crippen LogP contribution in [0.3, 0.4) is 0 Å². The Kier molecular flexibility index (Phi) is 6.30. The Morgan fingerprint density at radius 3 is 2.05 bits per heavy atom. The van der Waals surface area contributed by atoms with Crippen molar-refractivity contribution in [2.75, 3.05) is 0 Å². The van der Waals surface area contributed by atoms with E-state index in [-0.39, 0.29) is 11.8 Å². The zero-order valence-corrected chi connectivity index (χ0v) is 25.7. The molecule has 10 heteroatoms. The Morgan fingerprint density at radius 2 is 1.45 bits per heavy atom. The van der Waals surface area contributed by atoms with Gasteiger partial charge in [0.2, 0.25) is 0 Å². The molecule has 5 fully saturated rings. The summed E-state index contributed by atoms with van der Waals surface area (Å²) in [6.07, 6.45) is 2.16. The van der Waals surface area contributed by atoms with Crippen LogP contribution in [0.4, 0.5) is 0 Å². The van der Waals surface area contributed by atoms with Crippen LogP contribution in [0.5, 0.6) is 0 Å². The number of ether oxygens (including phenoxy) is 5. The molecule has 2 saturated heterocycles. The molecule has 3 saturated carbocycles. The second kappa shape index (κ2) is 9.07. The van der Waals surface area contributed by atoms with Crippen LogP contribution in [-0.4, -0.2) is 53.9 Å². The molecule has 0 bridgehead atoms. The van der Waals surface area contributed by atoms with Gasteiger partial charge in [0.25, 0.3) is 0 Å². The van der Waals surface area contributed by atoms with Gasteiger partial charge in [0.1, 0.15) is 30.0 Å². The summed E-state index contributed by atoms with van der Waals surface area (Å²) in [7, 11) is 0. The van der Waals surface area contributed by atoms with Gasteiger partial charge in [0, 0.05) is 54.4 Å². The Balaban J connectivity index is 1.54. The van der Waals surface area contributed by atoms with Crippen molar-refractivity contribution in [3.8, 4) is 0 Å². The molecule has 10 nitrogen and oxygen atoms in total. The smallest absolute Gasteiger partial charge is 0.339 e. The first kappa shape index (κ1) is 29.2. The van der Waals surface area contributed by atoms with Crippen LogP contribution in [0.15, 0.2) is 23.0 Å². The van der Waals surface area contributed by atoms with Crippen molar-refractivity contribution in [2.24, 2.45) is 33.5 Å². The summed E-state index contributed by atoms with van der Waals surface area (Å²) in [5, 5.41) is 0. The number of carbonyl (C=O) groups is 4. The molecule has 3 heterocycles. The van der Waals surface area contributed by atoms with Crippen LogP contribution >= 0.6 is 0 Å². The van der Waals surface area contributed by atoms with E-state index in [1.807, 2.05) is 6.07 Å². The van der Waals surface area contributed by atoms with Crippen LogP contribution in [-0.2, 0) is 42.9 Å². The largest absolute Gasteiger partial charge is 0.472 e. The zero-order chi connectivity index (χ0) is 30.6. The molecule has 5 aliphatic rings. The number of hydrogen-bond donors (Lipinski definition) is 0. The number of rotatable bonds is 4. The molecule has 6 rings (SSSR count). The van der Waals surface area contributed by atoms with Crippen LogP contribution < -0.4 is 0 Å². The minimum atomic E-state index is -0.994. The predicted octanol–water partition coefficient (Wildman–Crippen LogP) is 4.69.